The minimum atomic E-state index is -0.421. The molecule has 0 aliphatic heterocycles. The highest BCUT2D eigenvalue weighted by atomic mass is 16.1. The van der Waals surface area contributed by atoms with Crippen molar-refractivity contribution in [2.75, 3.05) is 5.32 Å². The smallest absolute Gasteiger partial charge is 0.346 e. The zero-order valence-electron chi connectivity index (χ0n) is 9.86. The molecule has 17 heavy (non-hydrogen) atoms. The van der Waals surface area contributed by atoms with Crippen LogP contribution in [0.1, 0.15) is 38.2 Å². The van der Waals surface area contributed by atoms with Gasteiger partial charge in [-0.2, -0.15) is 5.26 Å². The number of nitrogens with one attached hydrogen (secondary N) is 2. The number of nitriles is 1. The van der Waals surface area contributed by atoms with Gasteiger partial charge in [-0.1, -0.05) is 19.8 Å². The van der Waals surface area contributed by atoms with Gasteiger partial charge in [0.15, 0.2) is 0 Å². The van der Waals surface area contributed by atoms with Crippen LogP contribution in [0.4, 0.5) is 5.82 Å². The second kappa shape index (κ2) is 5.00. The van der Waals surface area contributed by atoms with E-state index in [1.165, 1.54) is 19.0 Å². The topological polar surface area (TPSA) is 81.6 Å². The van der Waals surface area contributed by atoms with Gasteiger partial charge in [0.2, 0.25) is 0 Å². The maximum atomic E-state index is 11.1. The van der Waals surface area contributed by atoms with Crippen molar-refractivity contribution < 1.29 is 0 Å². The molecule has 5 nitrogen and oxygen atoms in total. The zero-order chi connectivity index (χ0) is 12.3. The van der Waals surface area contributed by atoms with Crippen LogP contribution < -0.4 is 11.0 Å². The van der Waals surface area contributed by atoms with Crippen LogP contribution in [0.15, 0.2) is 11.0 Å². The number of aromatic nitrogens is 2. The average Bonchev–Trinajstić information content (AvgIpc) is 2.29. The molecule has 0 amide bonds. The van der Waals surface area contributed by atoms with Crippen molar-refractivity contribution in [2.45, 2.75) is 38.6 Å². The molecule has 90 valence electrons. The second-order valence-corrected chi connectivity index (χ2v) is 4.70. The molecule has 2 N–H and O–H groups in total. The molecule has 2 rings (SSSR count). The van der Waals surface area contributed by atoms with Crippen LogP contribution in [0.5, 0.6) is 0 Å². The molecule has 1 fully saturated rings. The van der Waals surface area contributed by atoms with Gasteiger partial charge in [-0.25, -0.2) is 9.78 Å². The van der Waals surface area contributed by atoms with Crippen molar-refractivity contribution >= 4 is 5.82 Å². The summed E-state index contributed by atoms with van der Waals surface area (Å²) >= 11 is 0. The monoisotopic (exact) mass is 232 g/mol. The number of nitrogens with zero attached hydrogens (tertiary/aromatic N) is 2. The van der Waals surface area contributed by atoms with Gasteiger partial charge in [-0.15, -0.1) is 0 Å². The molecule has 0 spiro atoms. The summed E-state index contributed by atoms with van der Waals surface area (Å²) < 4.78 is 0. The first-order chi connectivity index (χ1) is 8.19. The van der Waals surface area contributed by atoms with Gasteiger partial charge >= 0.3 is 5.69 Å². The molecule has 1 heterocycles. The summed E-state index contributed by atoms with van der Waals surface area (Å²) in [7, 11) is 0. The highest BCUT2D eigenvalue weighted by Gasteiger charge is 2.19. The van der Waals surface area contributed by atoms with E-state index in [0.29, 0.717) is 23.3 Å². The van der Waals surface area contributed by atoms with Gasteiger partial charge in [0.1, 0.15) is 17.5 Å². The maximum absolute atomic E-state index is 11.1. The van der Waals surface area contributed by atoms with Crippen molar-refractivity contribution in [3.8, 4) is 6.07 Å². The highest BCUT2D eigenvalue weighted by molar-refractivity contribution is 5.50. The van der Waals surface area contributed by atoms with E-state index in [4.69, 9.17) is 5.26 Å². The van der Waals surface area contributed by atoms with Crippen molar-refractivity contribution in [1.82, 2.24) is 9.97 Å². The molecule has 1 aromatic heterocycles. The van der Waals surface area contributed by atoms with E-state index in [-0.39, 0.29) is 0 Å². The van der Waals surface area contributed by atoms with Crippen LogP contribution in [0, 0.1) is 17.2 Å². The Bertz CT molecular complexity index is 488. The predicted octanol–water partition coefficient (Wildman–Crippen LogP) is 1.63. The summed E-state index contributed by atoms with van der Waals surface area (Å²) in [6.07, 6.45) is 5.92. The van der Waals surface area contributed by atoms with Gasteiger partial charge in [0, 0.05) is 6.04 Å². The lowest BCUT2D eigenvalue weighted by molar-refractivity contribution is 0.358. The average molecular weight is 232 g/mol. The quantitative estimate of drug-likeness (QED) is 0.812. The number of aromatic amines is 1. The zero-order valence-corrected chi connectivity index (χ0v) is 9.86. The summed E-state index contributed by atoms with van der Waals surface area (Å²) in [4.78, 5) is 17.3. The van der Waals surface area contributed by atoms with E-state index >= 15 is 0 Å². The molecule has 2 atom stereocenters. The normalized spacial score (nSPS) is 24.0. The third-order valence-electron chi connectivity index (χ3n) is 3.22. The van der Waals surface area contributed by atoms with E-state index in [9.17, 15) is 4.79 Å². The fourth-order valence-corrected chi connectivity index (χ4v) is 2.36. The Morgan fingerprint density at radius 2 is 2.41 bits per heavy atom. The Hall–Kier alpha value is -1.83. The van der Waals surface area contributed by atoms with Crippen molar-refractivity contribution in [3.63, 3.8) is 0 Å². The maximum Gasteiger partial charge on any atom is 0.346 e. The third-order valence-corrected chi connectivity index (χ3v) is 3.22. The molecular weight excluding hydrogens is 216 g/mol. The van der Waals surface area contributed by atoms with Gasteiger partial charge < -0.3 is 5.32 Å². The van der Waals surface area contributed by atoms with E-state index in [0.717, 1.165) is 12.8 Å². The van der Waals surface area contributed by atoms with Crippen LogP contribution in [0.3, 0.4) is 0 Å². The summed E-state index contributed by atoms with van der Waals surface area (Å²) in [5.74, 6) is 1.20. The van der Waals surface area contributed by atoms with Gasteiger partial charge in [-0.3, -0.25) is 4.98 Å². The fourth-order valence-electron chi connectivity index (χ4n) is 2.36. The number of hydrogen-bond acceptors (Lipinski definition) is 4. The highest BCUT2D eigenvalue weighted by Crippen LogP contribution is 2.26. The van der Waals surface area contributed by atoms with Crippen molar-refractivity contribution in [3.05, 3.63) is 22.2 Å². The van der Waals surface area contributed by atoms with Gasteiger partial charge in [0.05, 0.1) is 6.20 Å². The third kappa shape index (κ3) is 2.84. The van der Waals surface area contributed by atoms with Crippen LogP contribution in [-0.4, -0.2) is 16.0 Å². The van der Waals surface area contributed by atoms with Crippen molar-refractivity contribution in [2.24, 2.45) is 5.92 Å². The molecule has 1 saturated carbocycles. The molecule has 1 aliphatic rings. The largest absolute Gasteiger partial charge is 0.368 e. The summed E-state index contributed by atoms with van der Waals surface area (Å²) in [6, 6.07) is 2.37. The van der Waals surface area contributed by atoms with E-state index in [1.807, 2.05) is 6.07 Å². The summed E-state index contributed by atoms with van der Waals surface area (Å²) in [5.41, 5.74) is -0.0295. The fraction of sp³-hybridized carbons (Fsp3) is 0.583. The van der Waals surface area contributed by atoms with Gasteiger partial charge in [-0.05, 0) is 18.8 Å². The molecule has 0 radical (unpaired) electrons. The van der Waals surface area contributed by atoms with Crippen LogP contribution in [0.25, 0.3) is 0 Å². The molecule has 0 aromatic carbocycles. The molecule has 0 unspecified atom stereocenters. The Kier molecular flexibility index (Phi) is 3.43. The van der Waals surface area contributed by atoms with Crippen molar-refractivity contribution in [1.29, 1.82) is 5.26 Å². The first-order valence-corrected chi connectivity index (χ1v) is 5.95. The second-order valence-electron chi connectivity index (χ2n) is 4.70. The number of H-pyrrole nitrogens is 1. The molecule has 0 saturated heterocycles. The number of anilines is 1. The lowest BCUT2D eigenvalue weighted by atomic mass is 9.87. The first-order valence-electron chi connectivity index (χ1n) is 5.95. The Morgan fingerprint density at radius 1 is 1.59 bits per heavy atom. The minimum Gasteiger partial charge on any atom is -0.368 e. The molecular formula is C12H16N4O. The van der Waals surface area contributed by atoms with Crippen LogP contribution in [-0.2, 0) is 0 Å². The Balaban J connectivity index is 2.15. The molecule has 5 heteroatoms. The predicted molar refractivity (Wildman–Crippen MR) is 64.6 cm³/mol. The standard InChI is InChI=1S/C12H16N4O/c1-8-3-2-4-10(5-8)15-11-9(6-13)7-14-12(17)16-11/h7-8,10H,2-5H2,1H3,(H2,14,15,16,17)/t8-,10+/m0/s1. The van der Waals surface area contributed by atoms with E-state index < -0.39 is 5.69 Å². The van der Waals surface area contributed by atoms with E-state index in [1.54, 1.807) is 0 Å². The van der Waals surface area contributed by atoms with E-state index in [2.05, 4.69) is 22.2 Å². The summed E-state index contributed by atoms with van der Waals surface area (Å²) in [5, 5.41) is 12.2. The van der Waals surface area contributed by atoms with Gasteiger partial charge in [0.25, 0.3) is 0 Å². The molecule has 0 bridgehead atoms. The number of rotatable bonds is 2. The summed E-state index contributed by atoms with van der Waals surface area (Å²) in [6.45, 7) is 2.23. The minimum absolute atomic E-state index is 0.337. The Morgan fingerprint density at radius 3 is 3.12 bits per heavy atom. The first kappa shape index (κ1) is 11.6. The van der Waals surface area contributed by atoms with Crippen LogP contribution in [0.2, 0.25) is 0 Å². The molecule has 1 aromatic rings. The lowest BCUT2D eigenvalue weighted by Crippen LogP contribution is -2.28. The number of hydrogen-bond donors (Lipinski definition) is 2. The Labute approximate surface area is 99.9 Å². The SMILES string of the molecule is C[C@H]1CCC[C@@H](Nc2[nH]c(=O)ncc2C#N)C1. The van der Waals surface area contributed by atoms with Crippen LogP contribution >= 0.6 is 0 Å². The molecule has 1 aliphatic carbocycles. The lowest BCUT2D eigenvalue weighted by Gasteiger charge is -2.28.